The van der Waals surface area contributed by atoms with E-state index in [1.165, 1.54) is 0 Å². The molecule has 0 aliphatic rings. The zero-order chi connectivity index (χ0) is 7.78. The maximum absolute atomic E-state index is 3.88. The maximum atomic E-state index is 3.88. The summed E-state index contributed by atoms with van der Waals surface area (Å²) in [6.07, 6.45) is 0. The molecule has 0 spiro atoms. The van der Waals surface area contributed by atoms with Crippen molar-refractivity contribution in [3.8, 4) is 0 Å². The van der Waals surface area contributed by atoms with Gasteiger partial charge in [0.1, 0.15) is 0 Å². The van der Waals surface area contributed by atoms with Crippen LogP contribution in [0.15, 0.2) is 0 Å². The van der Waals surface area contributed by atoms with E-state index in [9.17, 15) is 0 Å². The Kier molecular flexibility index (Phi) is 1.93. The Hall–Kier alpha value is -0.200. The van der Waals surface area contributed by atoms with Crippen LogP contribution in [0.1, 0.15) is 26.6 Å². The minimum atomic E-state index is 0.0324. The molecule has 10 heavy (non-hydrogen) atoms. The van der Waals surface area contributed by atoms with Crippen LogP contribution in [0.5, 0.6) is 0 Å². The molecule has 1 rings (SSSR count). The van der Waals surface area contributed by atoms with E-state index in [1.807, 2.05) is 0 Å². The molecule has 0 unspecified atom stereocenters. The Bertz CT molecular complexity index is 224. The molecule has 0 N–H and O–H groups in total. The molecule has 0 aliphatic carbocycles. The van der Waals surface area contributed by atoms with Crippen molar-refractivity contribution in [3.63, 3.8) is 0 Å². The monoisotopic (exact) mass is 252 g/mol. The van der Waals surface area contributed by atoms with Crippen molar-refractivity contribution in [1.82, 2.24) is 18.4 Å². The van der Waals surface area contributed by atoms with Crippen LogP contribution in [-0.2, 0) is 5.41 Å². The Morgan fingerprint density at radius 1 is 1.40 bits per heavy atom. The van der Waals surface area contributed by atoms with Crippen molar-refractivity contribution in [3.05, 3.63) is 5.82 Å². The van der Waals surface area contributed by atoms with E-state index in [-0.39, 0.29) is 5.41 Å². The van der Waals surface area contributed by atoms with Crippen LogP contribution >= 0.6 is 22.9 Å². The average molecular weight is 252 g/mol. The summed E-state index contributed by atoms with van der Waals surface area (Å²) in [7, 11) is 0. The number of hydrogen-bond donors (Lipinski definition) is 0. The third-order valence-corrected chi connectivity index (χ3v) is 1.75. The molecule has 1 heterocycles. The highest BCUT2D eigenvalue weighted by molar-refractivity contribution is 14.1. The van der Waals surface area contributed by atoms with Gasteiger partial charge in [-0.15, -0.1) is 5.10 Å². The van der Waals surface area contributed by atoms with Gasteiger partial charge in [-0.3, -0.25) is 0 Å². The SMILES string of the molecule is CC(C)(C)c1nnnn1I. The predicted octanol–water partition coefficient (Wildman–Crippen LogP) is 1.17. The number of aromatic nitrogens is 4. The summed E-state index contributed by atoms with van der Waals surface area (Å²) < 4.78 is 1.66. The van der Waals surface area contributed by atoms with Gasteiger partial charge in [0.15, 0.2) is 5.82 Å². The van der Waals surface area contributed by atoms with Crippen molar-refractivity contribution in [2.24, 2.45) is 0 Å². The molecule has 0 saturated carbocycles. The summed E-state index contributed by atoms with van der Waals surface area (Å²) in [5.41, 5.74) is 0.0324. The van der Waals surface area contributed by atoms with Crippen LogP contribution in [0.2, 0.25) is 0 Å². The van der Waals surface area contributed by atoms with E-state index < -0.39 is 0 Å². The van der Waals surface area contributed by atoms with Gasteiger partial charge in [0.05, 0.1) is 22.9 Å². The minimum Gasteiger partial charge on any atom is -0.168 e. The molecule has 1 aromatic heterocycles. The number of tetrazole rings is 1. The summed E-state index contributed by atoms with van der Waals surface area (Å²) in [5, 5.41) is 11.2. The van der Waals surface area contributed by atoms with Gasteiger partial charge in [-0.05, 0) is 10.4 Å². The van der Waals surface area contributed by atoms with E-state index >= 15 is 0 Å². The Morgan fingerprint density at radius 2 is 2.00 bits per heavy atom. The van der Waals surface area contributed by atoms with Crippen molar-refractivity contribution in [1.29, 1.82) is 0 Å². The molecule has 0 bridgehead atoms. The lowest BCUT2D eigenvalue weighted by Gasteiger charge is -2.13. The molecule has 56 valence electrons. The highest BCUT2D eigenvalue weighted by atomic mass is 127. The van der Waals surface area contributed by atoms with Crippen molar-refractivity contribution in [2.75, 3.05) is 0 Å². The van der Waals surface area contributed by atoms with Gasteiger partial charge in [-0.1, -0.05) is 20.8 Å². The first kappa shape index (κ1) is 7.90. The lowest BCUT2D eigenvalue weighted by atomic mass is 9.96. The number of rotatable bonds is 0. The summed E-state index contributed by atoms with van der Waals surface area (Å²) in [4.78, 5) is 0. The first-order valence-electron chi connectivity index (χ1n) is 2.97. The summed E-state index contributed by atoms with van der Waals surface area (Å²) in [6.45, 7) is 6.23. The lowest BCUT2D eigenvalue weighted by Crippen LogP contribution is -2.15. The van der Waals surface area contributed by atoms with Crippen LogP contribution in [0.3, 0.4) is 0 Å². The van der Waals surface area contributed by atoms with Crippen LogP contribution < -0.4 is 0 Å². The third-order valence-electron chi connectivity index (χ3n) is 1.10. The zero-order valence-corrected chi connectivity index (χ0v) is 8.32. The van der Waals surface area contributed by atoms with Gasteiger partial charge >= 0.3 is 0 Å². The number of nitrogens with zero attached hydrogens (tertiary/aromatic N) is 4. The van der Waals surface area contributed by atoms with Gasteiger partial charge in [-0.2, -0.15) is 2.90 Å². The quantitative estimate of drug-likeness (QED) is 0.651. The number of halogens is 1. The van der Waals surface area contributed by atoms with Crippen molar-refractivity contribution < 1.29 is 0 Å². The second-order valence-electron chi connectivity index (χ2n) is 3.11. The molecular formula is C5H9IN4. The van der Waals surface area contributed by atoms with Gasteiger partial charge in [0.25, 0.3) is 0 Å². The molecule has 0 fully saturated rings. The highest BCUT2D eigenvalue weighted by Crippen LogP contribution is 2.19. The first-order chi connectivity index (χ1) is 4.52. The second kappa shape index (κ2) is 2.44. The van der Waals surface area contributed by atoms with Gasteiger partial charge < -0.3 is 0 Å². The highest BCUT2D eigenvalue weighted by Gasteiger charge is 2.20. The lowest BCUT2D eigenvalue weighted by molar-refractivity contribution is 0.543. The fraction of sp³-hybridized carbons (Fsp3) is 0.800. The molecular weight excluding hydrogens is 243 g/mol. The molecule has 4 nitrogen and oxygen atoms in total. The van der Waals surface area contributed by atoms with Crippen LogP contribution in [0, 0.1) is 0 Å². The maximum Gasteiger partial charge on any atom is 0.167 e. The Morgan fingerprint density at radius 3 is 2.20 bits per heavy atom. The van der Waals surface area contributed by atoms with Crippen LogP contribution in [0.25, 0.3) is 0 Å². The zero-order valence-electron chi connectivity index (χ0n) is 6.17. The molecule has 0 aliphatic heterocycles. The average Bonchev–Trinajstić information content (AvgIpc) is 2.11. The Labute approximate surface area is 73.5 Å². The normalized spacial score (nSPS) is 12.0. The molecule has 0 atom stereocenters. The summed E-state index contributed by atoms with van der Waals surface area (Å²) >= 11 is 2.06. The fourth-order valence-corrected chi connectivity index (χ4v) is 1.51. The van der Waals surface area contributed by atoms with Crippen LogP contribution in [0.4, 0.5) is 0 Å². The third kappa shape index (κ3) is 1.44. The van der Waals surface area contributed by atoms with Crippen molar-refractivity contribution >= 4 is 22.9 Å². The molecule has 0 amide bonds. The molecule has 0 radical (unpaired) electrons. The van der Waals surface area contributed by atoms with E-state index in [2.05, 4.69) is 59.2 Å². The molecule has 0 aromatic carbocycles. The number of hydrogen-bond acceptors (Lipinski definition) is 3. The molecule has 1 aromatic rings. The van der Waals surface area contributed by atoms with E-state index in [0.717, 1.165) is 5.82 Å². The molecule has 0 saturated heterocycles. The van der Waals surface area contributed by atoms with Gasteiger partial charge in [0, 0.05) is 5.41 Å². The summed E-state index contributed by atoms with van der Waals surface area (Å²) in [6, 6.07) is 0. The summed E-state index contributed by atoms with van der Waals surface area (Å²) in [5.74, 6) is 0.896. The Balaban J connectivity index is 3.05. The standard InChI is InChI=1S/C5H9IN4/c1-5(2,3)4-7-8-9-10(4)6/h1-3H3. The van der Waals surface area contributed by atoms with Crippen molar-refractivity contribution in [2.45, 2.75) is 26.2 Å². The smallest absolute Gasteiger partial charge is 0.167 e. The van der Waals surface area contributed by atoms with Gasteiger partial charge in [0.2, 0.25) is 0 Å². The largest absolute Gasteiger partial charge is 0.168 e. The van der Waals surface area contributed by atoms with Crippen LogP contribution in [-0.4, -0.2) is 18.4 Å². The first-order valence-corrected chi connectivity index (χ1v) is 3.93. The molecule has 5 heteroatoms. The fourth-order valence-electron chi connectivity index (χ4n) is 0.604. The van der Waals surface area contributed by atoms with E-state index in [4.69, 9.17) is 0 Å². The van der Waals surface area contributed by atoms with E-state index in [1.54, 1.807) is 2.90 Å². The minimum absolute atomic E-state index is 0.0324. The second-order valence-corrected chi connectivity index (χ2v) is 4.03. The van der Waals surface area contributed by atoms with Gasteiger partial charge in [-0.25, -0.2) is 0 Å². The van der Waals surface area contributed by atoms with E-state index in [0.29, 0.717) is 0 Å². The topological polar surface area (TPSA) is 43.6 Å². The predicted molar refractivity (Wildman–Crippen MR) is 45.9 cm³/mol.